The molecule has 0 saturated heterocycles. The van der Waals surface area contributed by atoms with Crippen molar-refractivity contribution >= 4 is 37.6 Å². The van der Waals surface area contributed by atoms with E-state index in [1.165, 1.54) is 41.5 Å². The first-order chi connectivity index (χ1) is 13.3. The Balaban J connectivity index is 1.75. The Morgan fingerprint density at radius 2 is 1.85 bits per heavy atom. The third kappa shape index (κ3) is 3.41. The van der Waals surface area contributed by atoms with Gasteiger partial charge in [0, 0.05) is 11.1 Å². The topological polar surface area (TPSA) is 55.1 Å². The van der Waals surface area contributed by atoms with Gasteiger partial charge in [0.1, 0.15) is 17.0 Å². The zero-order valence-corrected chi connectivity index (χ0v) is 17.5. The molecule has 0 amide bonds. The summed E-state index contributed by atoms with van der Waals surface area (Å²) in [5, 5.41) is 4.86. The summed E-state index contributed by atoms with van der Waals surface area (Å²) in [4.78, 5) is 17.0. The van der Waals surface area contributed by atoms with Gasteiger partial charge in [0.2, 0.25) is 0 Å². The van der Waals surface area contributed by atoms with Crippen LogP contribution in [0.15, 0.2) is 6.33 Å². The normalized spacial score (nSPS) is 14.2. The lowest BCUT2D eigenvalue weighted by Gasteiger charge is -2.19. The van der Waals surface area contributed by atoms with E-state index in [2.05, 4.69) is 36.1 Å². The fourth-order valence-electron chi connectivity index (χ4n) is 4.32. The van der Waals surface area contributed by atoms with Crippen molar-refractivity contribution < 1.29 is 4.90 Å². The standard InChI is InChI=1S/C21H29N5S/c1-4-16-14-9-7-8-10-15(14)17-18-19(27-21(17)25-16)20(24-13-23-18)22-11-12-26(5-2)6-3/h13H,4-12H2,1-3H3,(H,22,23,24)/p+1. The second-order valence-electron chi connectivity index (χ2n) is 7.39. The van der Waals surface area contributed by atoms with Gasteiger partial charge >= 0.3 is 0 Å². The van der Waals surface area contributed by atoms with Crippen LogP contribution >= 0.6 is 11.3 Å². The van der Waals surface area contributed by atoms with Crippen molar-refractivity contribution in [3.63, 3.8) is 0 Å². The second-order valence-corrected chi connectivity index (χ2v) is 8.39. The first-order valence-corrected chi connectivity index (χ1v) is 11.2. The zero-order valence-electron chi connectivity index (χ0n) is 16.7. The molecule has 0 saturated carbocycles. The molecule has 3 aromatic heterocycles. The zero-order chi connectivity index (χ0) is 18.8. The molecule has 0 atom stereocenters. The Hall–Kier alpha value is -1.79. The Morgan fingerprint density at radius 1 is 1.07 bits per heavy atom. The van der Waals surface area contributed by atoms with Crippen molar-refractivity contribution in [2.24, 2.45) is 0 Å². The van der Waals surface area contributed by atoms with E-state index in [9.17, 15) is 0 Å². The summed E-state index contributed by atoms with van der Waals surface area (Å²) >= 11 is 1.76. The van der Waals surface area contributed by atoms with Gasteiger partial charge in [-0.15, -0.1) is 11.3 Å². The number of nitrogens with one attached hydrogen (secondary N) is 2. The summed E-state index contributed by atoms with van der Waals surface area (Å²) in [6, 6.07) is 0. The highest BCUT2D eigenvalue weighted by atomic mass is 32.1. The summed E-state index contributed by atoms with van der Waals surface area (Å²) in [5.41, 5.74) is 5.38. The van der Waals surface area contributed by atoms with Gasteiger partial charge in [-0.1, -0.05) is 6.92 Å². The summed E-state index contributed by atoms with van der Waals surface area (Å²) in [6.45, 7) is 11.1. The van der Waals surface area contributed by atoms with Crippen molar-refractivity contribution in [1.82, 2.24) is 15.0 Å². The summed E-state index contributed by atoms with van der Waals surface area (Å²) in [7, 11) is 0. The number of likely N-dealkylation sites (N-methyl/N-ethyl adjacent to an activating group) is 1. The number of quaternary nitrogens is 1. The number of aromatic nitrogens is 3. The highest BCUT2D eigenvalue weighted by Gasteiger charge is 2.22. The first-order valence-electron chi connectivity index (χ1n) is 10.4. The van der Waals surface area contributed by atoms with Crippen LogP contribution in [0.3, 0.4) is 0 Å². The Morgan fingerprint density at radius 3 is 2.59 bits per heavy atom. The Bertz CT molecular complexity index is 945. The number of hydrogen-bond acceptors (Lipinski definition) is 5. The molecular formula is C21H30N5S+. The van der Waals surface area contributed by atoms with Crippen LogP contribution in [0.2, 0.25) is 0 Å². The van der Waals surface area contributed by atoms with Crippen molar-refractivity contribution in [3.8, 4) is 0 Å². The molecule has 3 aromatic rings. The SMILES string of the molecule is CCc1nc2sc3c(NCC[NH+](CC)CC)ncnc3c2c2c1CCCC2. The average molecular weight is 385 g/mol. The van der Waals surface area contributed by atoms with E-state index >= 15 is 0 Å². The molecule has 1 aliphatic carbocycles. The van der Waals surface area contributed by atoms with E-state index in [-0.39, 0.29) is 0 Å². The maximum absolute atomic E-state index is 5.04. The van der Waals surface area contributed by atoms with Gasteiger partial charge in [0.05, 0.1) is 36.4 Å². The van der Waals surface area contributed by atoms with Gasteiger partial charge < -0.3 is 10.2 Å². The fourth-order valence-corrected chi connectivity index (χ4v) is 5.46. The number of fused-ring (bicyclic) bond motifs is 5. The summed E-state index contributed by atoms with van der Waals surface area (Å²) < 4.78 is 1.16. The van der Waals surface area contributed by atoms with Crippen molar-refractivity contribution in [2.45, 2.75) is 52.9 Å². The van der Waals surface area contributed by atoms with Crippen LogP contribution in [0.25, 0.3) is 20.4 Å². The number of pyridine rings is 1. The van der Waals surface area contributed by atoms with Crippen LogP contribution < -0.4 is 10.2 Å². The van der Waals surface area contributed by atoms with E-state index in [0.29, 0.717) is 0 Å². The molecule has 144 valence electrons. The molecule has 0 radical (unpaired) electrons. The lowest BCUT2D eigenvalue weighted by atomic mass is 9.88. The number of nitrogens with zero attached hydrogens (tertiary/aromatic N) is 3. The molecule has 0 aromatic carbocycles. The van der Waals surface area contributed by atoms with Crippen LogP contribution in [0.4, 0.5) is 5.82 Å². The monoisotopic (exact) mass is 384 g/mol. The van der Waals surface area contributed by atoms with Crippen molar-refractivity contribution in [1.29, 1.82) is 0 Å². The summed E-state index contributed by atoms with van der Waals surface area (Å²) in [5.74, 6) is 0.970. The van der Waals surface area contributed by atoms with E-state index in [4.69, 9.17) is 4.98 Å². The van der Waals surface area contributed by atoms with Gasteiger partial charge in [-0.2, -0.15) is 0 Å². The van der Waals surface area contributed by atoms with Crippen molar-refractivity contribution in [3.05, 3.63) is 23.1 Å². The Labute approximate surface area is 165 Å². The quantitative estimate of drug-likeness (QED) is 0.657. The molecule has 5 nitrogen and oxygen atoms in total. The van der Waals surface area contributed by atoms with Crippen LogP contribution in [0.1, 0.15) is 50.4 Å². The molecule has 27 heavy (non-hydrogen) atoms. The molecule has 3 heterocycles. The smallest absolute Gasteiger partial charge is 0.147 e. The molecule has 6 heteroatoms. The number of thiophene rings is 1. The maximum Gasteiger partial charge on any atom is 0.147 e. The van der Waals surface area contributed by atoms with E-state index in [1.54, 1.807) is 22.6 Å². The molecular weight excluding hydrogens is 354 g/mol. The minimum Gasteiger partial charge on any atom is -0.363 e. The number of anilines is 1. The fraction of sp³-hybridized carbons (Fsp3) is 0.571. The van der Waals surface area contributed by atoms with Crippen LogP contribution in [0.5, 0.6) is 0 Å². The lowest BCUT2D eigenvalue weighted by molar-refractivity contribution is -0.894. The maximum atomic E-state index is 5.04. The van der Waals surface area contributed by atoms with Gasteiger partial charge in [0.15, 0.2) is 0 Å². The van der Waals surface area contributed by atoms with Gasteiger partial charge in [0.25, 0.3) is 0 Å². The molecule has 0 aliphatic heterocycles. The van der Waals surface area contributed by atoms with Crippen molar-refractivity contribution in [2.75, 3.05) is 31.5 Å². The lowest BCUT2D eigenvalue weighted by Crippen LogP contribution is -3.12. The number of aryl methyl sites for hydroxylation is 2. The van der Waals surface area contributed by atoms with Gasteiger partial charge in [-0.3, -0.25) is 0 Å². The molecule has 4 rings (SSSR count). The predicted octanol–water partition coefficient (Wildman–Crippen LogP) is 3.02. The van der Waals surface area contributed by atoms with E-state index < -0.39 is 0 Å². The summed E-state index contributed by atoms with van der Waals surface area (Å²) in [6.07, 6.45) is 7.60. The van der Waals surface area contributed by atoms with Crippen LogP contribution in [-0.2, 0) is 19.3 Å². The minimum atomic E-state index is 0.934. The Kier molecular flexibility index (Phi) is 5.55. The van der Waals surface area contributed by atoms with E-state index in [1.807, 2.05) is 0 Å². The van der Waals surface area contributed by atoms with Gasteiger partial charge in [-0.05, 0) is 57.1 Å². The number of rotatable bonds is 7. The largest absolute Gasteiger partial charge is 0.363 e. The predicted molar refractivity (Wildman–Crippen MR) is 114 cm³/mol. The van der Waals surface area contributed by atoms with Crippen LogP contribution in [0, 0.1) is 0 Å². The minimum absolute atomic E-state index is 0.934. The first kappa shape index (κ1) is 18.6. The van der Waals surface area contributed by atoms with Gasteiger partial charge in [-0.25, -0.2) is 15.0 Å². The molecule has 2 N–H and O–H groups in total. The molecule has 0 unspecified atom stereocenters. The molecule has 0 spiro atoms. The number of hydrogen-bond donors (Lipinski definition) is 2. The van der Waals surface area contributed by atoms with Crippen LogP contribution in [-0.4, -0.2) is 41.1 Å². The second kappa shape index (κ2) is 8.07. The third-order valence-corrected chi connectivity index (χ3v) is 6.99. The highest BCUT2D eigenvalue weighted by Crippen LogP contribution is 2.40. The van der Waals surface area contributed by atoms with E-state index in [0.717, 1.165) is 59.9 Å². The molecule has 0 fully saturated rings. The molecule has 1 aliphatic rings. The highest BCUT2D eigenvalue weighted by molar-refractivity contribution is 7.26. The third-order valence-electron chi connectivity index (χ3n) is 5.91. The molecule has 0 bridgehead atoms. The average Bonchev–Trinajstić information content (AvgIpc) is 3.10.